The van der Waals surface area contributed by atoms with Crippen molar-refractivity contribution in [3.05, 3.63) is 34.9 Å². The molecule has 0 fully saturated rings. The van der Waals surface area contributed by atoms with Crippen LogP contribution in [0.5, 0.6) is 0 Å². The SMILES string of the molecule is CCC(COC)NC(=O)c1cccc(Cl)c1. The second-order valence-electron chi connectivity index (χ2n) is 3.54. The molecule has 0 bridgehead atoms. The molecule has 0 saturated heterocycles. The second-order valence-corrected chi connectivity index (χ2v) is 3.98. The van der Waals surface area contributed by atoms with Gasteiger partial charge in [0.15, 0.2) is 0 Å². The number of carbonyl (C=O) groups excluding carboxylic acids is 1. The van der Waals surface area contributed by atoms with Crippen molar-refractivity contribution in [2.45, 2.75) is 19.4 Å². The van der Waals surface area contributed by atoms with Crippen molar-refractivity contribution >= 4 is 17.5 Å². The molecule has 0 heterocycles. The smallest absolute Gasteiger partial charge is 0.251 e. The minimum Gasteiger partial charge on any atom is -0.383 e. The lowest BCUT2D eigenvalue weighted by Crippen LogP contribution is -2.37. The fourth-order valence-corrected chi connectivity index (χ4v) is 1.55. The Labute approximate surface area is 101 Å². The van der Waals surface area contributed by atoms with Crippen LogP contribution in [0.25, 0.3) is 0 Å². The van der Waals surface area contributed by atoms with Gasteiger partial charge in [-0.05, 0) is 24.6 Å². The van der Waals surface area contributed by atoms with Gasteiger partial charge >= 0.3 is 0 Å². The summed E-state index contributed by atoms with van der Waals surface area (Å²) < 4.78 is 5.01. The molecule has 1 atom stereocenters. The van der Waals surface area contributed by atoms with Gasteiger partial charge in [-0.15, -0.1) is 0 Å². The highest BCUT2D eigenvalue weighted by atomic mass is 35.5. The molecule has 3 nitrogen and oxygen atoms in total. The standard InChI is InChI=1S/C12H16ClNO2/c1-3-11(8-16-2)14-12(15)9-5-4-6-10(13)7-9/h4-7,11H,3,8H2,1-2H3,(H,14,15). The zero-order valence-corrected chi connectivity index (χ0v) is 10.3. The van der Waals surface area contributed by atoms with Crippen LogP contribution >= 0.6 is 11.6 Å². The molecule has 1 aromatic carbocycles. The van der Waals surface area contributed by atoms with E-state index in [0.29, 0.717) is 17.2 Å². The van der Waals surface area contributed by atoms with E-state index in [1.54, 1.807) is 31.4 Å². The van der Waals surface area contributed by atoms with Gasteiger partial charge in [-0.25, -0.2) is 0 Å². The van der Waals surface area contributed by atoms with Gasteiger partial charge < -0.3 is 10.1 Å². The van der Waals surface area contributed by atoms with Crippen LogP contribution in [-0.4, -0.2) is 25.7 Å². The summed E-state index contributed by atoms with van der Waals surface area (Å²) in [4.78, 5) is 11.8. The maximum atomic E-state index is 11.8. The van der Waals surface area contributed by atoms with Crippen molar-refractivity contribution in [1.82, 2.24) is 5.32 Å². The van der Waals surface area contributed by atoms with E-state index < -0.39 is 0 Å². The van der Waals surface area contributed by atoms with Crippen LogP contribution in [0.1, 0.15) is 23.7 Å². The van der Waals surface area contributed by atoms with Gasteiger partial charge in [0.05, 0.1) is 12.6 Å². The number of amides is 1. The summed E-state index contributed by atoms with van der Waals surface area (Å²) in [6, 6.07) is 6.92. The van der Waals surface area contributed by atoms with Crippen LogP contribution in [0.3, 0.4) is 0 Å². The number of methoxy groups -OCH3 is 1. The van der Waals surface area contributed by atoms with Gasteiger partial charge in [-0.2, -0.15) is 0 Å². The summed E-state index contributed by atoms with van der Waals surface area (Å²) in [6.07, 6.45) is 0.833. The van der Waals surface area contributed by atoms with E-state index in [2.05, 4.69) is 5.32 Å². The number of rotatable bonds is 5. The van der Waals surface area contributed by atoms with Crippen molar-refractivity contribution in [1.29, 1.82) is 0 Å². The molecule has 16 heavy (non-hydrogen) atoms. The predicted molar refractivity (Wildman–Crippen MR) is 64.9 cm³/mol. The van der Waals surface area contributed by atoms with Crippen LogP contribution in [0.2, 0.25) is 5.02 Å². The molecule has 1 unspecified atom stereocenters. The number of benzene rings is 1. The number of hydrogen-bond acceptors (Lipinski definition) is 2. The molecule has 0 radical (unpaired) electrons. The Morgan fingerprint density at radius 3 is 2.88 bits per heavy atom. The minimum absolute atomic E-state index is 0.0384. The Balaban J connectivity index is 2.64. The summed E-state index contributed by atoms with van der Waals surface area (Å²) in [6.45, 7) is 2.52. The van der Waals surface area contributed by atoms with Crippen LogP contribution in [-0.2, 0) is 4.74 Å². The number of carbonyl (C=O) groups is 1. The number of hydrogen-bond donors (Lipinski definition) is 1. The zero-order valence-electron chi connectivity index (χ0n) is 9.50. The Kier molecular flexibility index (Phi) is 5.29. The molecule has 1 aromatic rings. The van der Waals surface area contributed by atoms with Crippen molar-refractivity contribution in [3.8, 4) is 0 Å². The molecule has 0 aliphatic carbocycles. The lowest BCUT2D eigenvalue weighted by Gasteiger charge is -2.15. The Morgan fingerprint density at radius 2 is 2.31 bits per heavy atom. The highest BCUT2D eigenvalue weighted by Crippen LogP contribution is 2.10. The third-order valence-electron chi connectivity index (χ3n) is 2.28. The Bertz CT molecular complexity index is 355. The first-order valence-electron chi connectivity index (χ1n) is 5.22. The fraction of sp³-hybridized carbons (Fsp3) is 0.417. The zero-order chi connectivity index (χ0) is 12.0. The Morgan fingerprint density at radius 1 is 1.56 bits per heavy atom. The summed E-state index contributed by atoms with van der Waals surface area (Å²) in [5.74, 6) is -0.119. The van der Waals surface area contributed by atoms with Gasteiger partial charge in [0.25, 0.3) is 5.91 Å². The highest BCUT2D eigenvalue weighted by molar-refractivity contribution is 6.30. The van der Waals surface area contributed by atoms with Crippen LogP contribution < -0.4 is 5.32 Å². The van der Waals surface area contributed by atoms with E-state index in [0.717, 1.165) is 6.42 Å². The normalized spacial score (nSPS) is 12.2. The van der Waals surface area contributed by atoms with Crippen molar-refractivity contribution < 1.29 is 9.53 Å². The third-order valence-corrected chi connectivity index (χ3v) is 2.52. The molecule has 1 rings (SSSR count). The summed E-state index contributed by atoms with van der Waals surface area (Å²) in [5.41, 5.74) is 0.571. The van der Waals surface area contributed by atoms with Crippen LogP contribution in [0.4, 0.5) is 0 Å². The first-order valence-corrected chi connectivity index (χ1v) is 5.60. The first kappa shape index (κ1) is 13.0. The molecule has 0 aromatic heterocycles. The number of halogens is 1. The van der Waals surface area contributed by atoms with Crippen molar-refractivity contribution in [3.63, 3.8) is 0 Å². The summed E-state index contributed by atoms with van der Waals surface area (Å²) in [7, 11) is 1.62. The molecular formula is C12H16ClNO2. The van der Waals surface area contributed by atoms with E-state index in [4.69, 9.17) is 16.3 Å². The van der Waals surface area contributed by atoms with E-state index in [1.807, 2.05) is 6.92 Å². The number of ether oxygens (including phenoxy) is 1. The van der Waals surface area contributed by atoms with E-state index in [9.17, 15) is 4.79 Å². The minimum atomic E-state index is -0.119. The second kappa shape index (κ2) is 6.51. The van der Waals surface area contributed by atoms with Gasteiger partial charge in [0.2, 0.25) is 0 Å². The fourth-order valence-electron chi connectivity index (χ4n) is 1.36. The predicted octanol–water partition coefficient (Wildman–Crippen LogP) is 2.49. The Hall–Kier alpha value is -1.06. The maximum absolute atomic E-state index is 11.8. The van der Waals surface area contributed by atoms with Gasteiger partial charge in [-0.3, -0.25) is 4.79 Å². The van der Waals surface area contributed by atoms with E-state index in [-0.39, 0.29) is 11.9 Å². The van der Waals surface area contributed by atoms with E-state index in [1.165, 1.54) is 0 Å². The molecular weight excluding hydrogens is 226 g/mol. The molecule has 0 aliphatic rings. The van der Waals surface area contributed by atoms with E-state index >= 15 is 0 Å². The monoisotopic (exact) mass is 241 g/mol. The first-order chi connectivity index (χ1) is 7.67. The third kappa shape index (κ3) is 3.83. The molecule has 4 heteroatoms. The topological polar surface area (TPSA) is 38.3 Å². The van der Waals surface area contributed by atoms with Crippen molar-refractivity contribution in [2.75, 3.05) is 13.7 Å². The number of nitrogens with one attached hydrogen (secondary N) is 1. The van der Waals surface area contributed by atoms with Crippen LogP contribution in [0.15, 0.2) is 24.3 Å². The molecule has 88 valence electrons. The van der Waals surface area contributed by atoms with Gasteiger partial charge in [0.1, 0.15) is 0 Å². The van der Waals surface area contributed by atoms with Crippen LogP contribution in [0, 0.1) is 0 Å². The lowest BCUT2D eigenvalue weighted by molar-refractivity contribution is 0.0894. The van der Waals surface area contributed by atoms with Gasteiger partial charge in [0, 0.05) is 17.7 Å². The maximum Gasteiger partial charge on any atom is 0.251 e. The molecule has 0 spiro atoms. The average molecular weight is 242 g/mol. The average Bonchev–Trinajstić information content (AvgIpc) is 2.28. The summed E-state index contributed by atoms with van der Waals surface area (Å²) in [5, 5.41) is 3.45. The van der Waals surface area contributed by atoms with Gasteiger partial charge in [-0.1, -0.05) is 24.6 Å². The highest BCUT2D eigenvalue weighted by Gasteiger charge is 2.11. The van der Waals surface area contributed by atoms with Crippen molar-refractivity contribution in [2.24, 2.45) is 0 Å². The lowest BCUT2D eigenvalue weighted by atomic mass is 10.2. The quantitative estimate of drug-likeness (QED) is 0.860. The summed E-state index contributed by atoms with van der Waals surface area (Å²) >= 11 is 5.82. The molecule has 1 N–H and O–H groups in total. The molecule has 0 aliphatic heterocycles. The molecule has 1 amide bonds. The molecule has 0 saturated carbocycles. The largest absolute Gasteiger partial charge is 0.383 e.